The standard InChI is InChI=1S/C28H37N5/c1-5-7-8-9-10-16-21-28(6-2,33-26-20-15-14-19-25(26)29-31-33)27-22(3)30-32(23(27)4)24-17-12-11-13-18-24/h11-15,17-20H,5-10,16,21H2,1-4H3. The van der Waals surface area contributed by atoms with Gasteiger partial charge in [0.15, 0.2) is 0 Å². The summed E-state index contributed by atoms with van der Waals surface area (Å²) in [6.07, 6.45) is 9.62. The molecule has 0 fully saturated rings. The van der Waals surface area contributed by atoms with Gasteiger partial charge in [0.2, 0.25) is 0 Å². The molecule has 4 aromatic rings. The summed E-state index contributed by atoms with van der Waals surface area (Å²) < 4.78 is 4.29. The van der Waals surface area contributed by atoms with Crippen molar-refractivity contribution in [2.75, 3.05) is 0 Å². The van der Waals surface area contributed by atoms with Crippen LogP contribution in [0.15, 0.2) is 54.6 Å². The number of para-hydroxylation sites is 2. The second-order valence-electron chi connectivity index (χ2n) is 9.19. The third-order valence-corrected chi connectivity index (χ3v) is 7.04. The van der Waals surface area contributed by atoms with Crippen molar-refractivity contribution in [3.63, 3.8) is 0 Å². The van der Waals surface area contributed by atoms with Gasteiger partial charge in [-0.2, -0.15) is 5.10 Å². The Morgan fingerprint density at radius 2 is 1.52 bits per heavy atom. The van der Waals surface area contributed by atoms with Crippen molar-refractivity contribution in [2.24, 2.45) is 0 Å². The summed E-state index contributed by atoms with van der Waals surface area (Å²) in [7, 11) is 0. The fourth-order valence-corrected chi connectivity index (χ4v) is 5.36. The fraction of sp³-hybridized carbons (Fsp3) is 0.464. The minimum Gasteiger partial charge on any atom is -0.237 e. The first-order valence-corrected chi connectivity index (χ1v) is 12.6. The van der Waals surface area contributed by atoms with Gasteiger partial charge in [-0.05, 0) is 51.0 Å². The van der Waals surface area contributed by atoms with Crippen LogP contribution in [-0.4, -0.2) is 24.8 Å². The van der Waals surface area contributed by atoms with Crippen LogP contribution in [0.2, 0.25) is 0 Å². The molecule has 4 rings (SSSR count). The van der Waals surface area contributed by atoms with Crippen LogP contribution in [0.4, 0.5) is 0 Å². The lowest BCUT2D eigenvalue weighted by Crippen LogP contribution is -2.36. The second kappa shape index (κ2) is 10.3. The van der Waals surface area contributed by atoms with Crippen LogP contribution < -0.4 is 0 Å². The van der Waals surface area contributed by atoms with Crippen molar-refractivity contribution in [1.29, 1.82) is 0 Å². The van der Waals surface area contributed by atoms with Crippen LogP contribution in [0.5, 0.6) is 0 Å². The maximum absolute atomic E-state index is 5.01. The van der Waals surface area contributed by atoms with E-state index in [1.807, 2.05) is 12.1 Å². The molecule has 5 nitrogen and oxygen atoms in total. The normalized spacial score (nSPS) is 13.5. The molecule has 1 unspecified atom stereocenters. The average Bonchev–Trinajstić information content (AvgIpc) is 3.41. The Morgan fingerprint density at radius 3 is 2.27 bits per heavy atom. The highest BCUT2D eigenvalue weighted by atomic mass is 15.5. The van der Waals surface area contributed by atoms with Gasteiger partial charge >= 0.3 is 0 Å². The zero-order valence-corrected chi connectivity index (χ0v) is 20.6. The van der Waals surface area contributed by atoms with Crippen molar-refractivity contribution in [3.8, 4) is 5.69 Å². The Kier molecular flexibility index (Phi) is 7.26. The lowest BCUT2D eigenvalue weighted by Gasteiger charge is -2.34. The third kappa shape index (κ3) is 4.46. The number of benzene rings is 2. The van der Waals surface area contributed by atoms with Gasteiger partial charge in [0.25, 0.3) is 0 Å². The predicted molar refractivity (Wildman–Crippen MR) is 136 cm³/mol. The Morgan fingerprint density at radius 1 is 0.818 bits per heavy atom. The minimum atomic E-state index is -0.276. The van der Waals surface area contributed by atoms with Crippen LogP contribution in [0.25, 0.3) is 16.7 Å². The number of aromatic nitrogens is 5. The van der Waals surface area contributed by atoms with Gasteiger partial charge in [-0.25, -0.2) is 9.36 Å². The Labute approximate surface area is 197 Å². The molecule has 0 aliphatic carbocycles. The summed E-state index contributed by atoms with van der Waals surface area (Å²) in [6.45, 7) is 8.90. The molecule has 5 heteroatoms. The van der Waals surface area contributed by atoms with Gasteiger partial charge in [0, 0.05) is 11.3 Å². The van der Waals surface area contributed by atoms with Gasteiger partial charge in [-0.15, -0.1) is 5.10 Å². The smallest absolute Gasteiger partial charge is 0.113 e. The molecule has 0 spiro atoms. The topological polar surface area (TPSA) is 48.5 Å². The molecule has 0 bridgehead atoms. The quantitative estimate of drug-likeness (QED) is 0.231. The van der Waals surface area contributed by atoms with E-state index < -0.39 is 0 Å². The molecular weight excluding hydrogens is 406 g/mol. The molecule has 33 heavy (non-hydrogen) atoms. The molecule has 0 aliphatic rings. The van der Waals surface area contributed by atoms with Gasteiger partial charge in [0.05, 0.1) is 22.4 Å². The molecule has 2 aromatic heterocycles. The first-order chi connectivity index (χ1) is 16.1. The zero-order valence-electron chi connectivity index (χ0n) is 20.6. The lowest BCUT2D eigenvalue weighted by molar-refractivity contribution is 0.275. The van der Waals surface area contributed by atoms with Crippen molar-refractivity contribution in [1.82, 2.24) is 24.8 Å². The second-order valence-corrected chi connectivity index (χ2v) is 9.19. The van der Waals surface area contributed by atoms with E-state index in [9.17, 15) is 0 Å². The summed E-state index contributed by atoms with van der Waals surface area (Å²) in [6, 6.07) is 18.7. The van der Waals surface area contributed by atoms with E-state index in [0.717, 1.165) is 35.3 Å². The molecular formula is C28H37N5. The monoisotopic (exact) mass is 443 g/mol. The van der Waals surface area contributed by atoms with Crippen LogP contribution in [0.3, 0.4) is 0 Å². The summed E-state index contributed by atoms with van der Waals surface area (Å²) in [5.41, 5.74) is 6.41. The first kappa shape index (κ1) is 23.2. The molecule has 2 aromatic carbocycles. The summed E-state index contributed by atoms with van der Waals surface area (Å²) >= 11 is 0. The van der Waals surface area contributed by atoms with Gasteiger partial charge in [-0.1, -0.05) is 87.9 Å². The fourth-order valence-electron chi connectivity index (χ4n) is 5.36. The minimum absolute atomic E-state index is 0.276. The van der Waals surface area contributed by atoms with Gasteiger partial charge in [-0.3, -0.25) is 0 Å². The van der Waals surface area contributed by atoms with E-state index >= 15 is 0 Å². The molecule has 0 saturated carbocycles. The number of hydrogen-bond acceptors (Lipinski definition) is 3. The zero-order chi connectivity index (χ0) is 23.3. The first-order valence-electron chi connectivity index (χ1n) is 12.6. The van der Waals surface area contributed by atoms with Crippen molar-refractivity contribution < 1.29 is 0 Å². The van der Waals surface area contributed by atoms with Crippen LogP contribution >= 0.6 is 0 Å². The van der Waals surface area contributed by atoms with Gasteiger partial charge < -0.3 is 0 Å². The number of aryl methyl sites for hydroxylation is 1. The summed E-state index contributed by atoms with van der Waals surface area (Å²) in [5, 5.41) is 14.3. The summed E-state index contributed by atoms with van der Waals surface area (Å²) in [5.74, 6) is 0. The Balaban J connectivity index is 1.80. The predicted octanol–water partition coefficient (Wildman–Crippen LogP) is 7.14. The average molecular weight is 444 g/mol. The highest BCUT2D eigenvalue weighted by Crippen LogP contribution is 2.41. The SMILES string of the molecule is CCCCCCCCC(CC)(c1c(C)nn(-c2ccccc2)c1C)n1nnc2ccccc21. The number of rotatable bonds is 11. The maximum atomic E-state index is 5.01. The molecule has 0 N–H and O–H groups in total. The van der Waals surface area contributed by atoms with Crippen molar-refractivity contribution >= 4 is 11.0 Å². The highest BCUT2D eigenvalue weighted by molar-refractivity contribution is 5.74. The lowest BCUT2D eigenvalue weighted by atomic mass is 9.80. The Hall–Kier alpha value is -2.95. The van der Waals surface area contributed by atoms with E-state index in [-0.39, 0.29) is 5.54 Å². The third-order valence-electron chi connectivity index (χ3n) is 7.04. The van der Waals surface area contributed by atoms with E-state index in [4.69, 9.17) is 10.3 Å². The maximum Gasteiger partial charge on any atom is 0.113 e. The molecule has 0 aliphatic heterocycles. The molecule has 0 amide bonds. The van der Waals surface area contributed by atoms with Crippen LogP contribution in [-0.2, 0) is 5.54 Å². The number of fused-ring (bicyclic) bond motifs is 1. The van der Waals surface area contributed by atoms with E-state index in [1.54, 1.807) is 0 Å². The molecule has 1 atom stereocenters. The van der Waals surface area contributed by atoms with Crippen LogP contribution in [0.1, 0.15) is 82.2 Å². The molecule has 0 saturated heterocycles. The number of nitrogens with zero attached hydrogens (tertiary/aromatic N) is 5. The van der Waals surface area contributed by atoms with E-state index in [1.165, 1.54) is 49.8 Å². The highest BCUT2D eigenvalue weighted by Gasteiger charge is 2.39. The van der Waals surface area contributed by atoms with Crippen molar-refractivity contribution in [3.05, 3.63) is 71.5 Å². The Bertz CT molecular complexity index is 1170. The molecule has 0 radical (unpaired) electrons. The number of unbranched alkanes of at least 4 members (excludes halogenated alkanes) is 5. The number of hydrogen-bond donors (Lipinski definition) is 0. The molecule has 2 heterocycles. The molecule has 174 valence electrons. The van der Waals surface area contributed by atoms with E-state index in [2.05, 4.69) is 84.6 Å². The summed E-state index contributed by atoms with van der Waals surface area (Å²) in [4.78, 5) is 0. The largest absolute Gasteiger partial charge is 0.237 e. The van der Waals surface area contributed by atoms with Gasteiger partial charge in [0.1, 0.15) is 5.52 Å². The van der Waals surface area contributed by atoms with Crippen molar-refractivity contribution in [2.45, 2.75) is 84.6 Å². The van der Waals surface area contributed by atoms with Crippen LogP contribution in [0, 0.1) is 13.8 Å². The van der Waals surface area contributed by atoms with E-state index in [0.29, 0.717) is 0 Å².